The summed E-state index contributed by atoms with van der Waals surface area (Å²) in [5.41, 5.74) is 0.474. The molecule has 44 heavy (non-hydrogen) atoms. The minimum absolute atomic E-state index is 0.0108. The fraction of sp³-hybridized carbons (Fsp3) is 0.545. The number of fused-ring (bicyclic) bond motifs is 2. The van der Waals surface area contributed by atoms with Gasteiger partial charge in [-0.3, -0.25) is 14.4 Å². The number of rotatable bonds is 17. The molecule has 0 saturated carbocycles. The van der Waals surface area contributed by atoms with Crippen molar-refractivity contribution in [3.05, 3.63) is 48.0 Å². The topological polar surface area (TPSA) is 146 Å². The van der Waals surface area contributed by atoms with Crippen molar-refractivity contribution < 1.29 is 24.0 Å². The smallest absolute Gasteiger partial charge is 0.315 e. The molecule has 2 heterocycles. The van der Waals surface area contributed by atoms with Gasteiger partial charge in [-0.1, -0.05) is 50.6 Å². The molecule has 5 atom stereocenters. The molecule has 0 aliphatic carbocycles. The van der Waals surface area contributed by atoms with Gasteiger partial charge in [-0.25, -0.2) is 4.79 Å². The summed E-state index contributed by atoms with van der Waals surface area (Å²) in [6.45, 7) is 4.47. The highest BCUT2D eigenvalue weighted by molar-refractivity contribution is 8.00. The van der Waals surface area contributed by atoms with Crippen LogP contribution in [0.25, 0.3) is 10.8 Å². The molecule has 2 aliphatic rings. The second kappa shape index (κ2) is 16.5. The quantitative estimate of drug-likeness (QED) is 0.103. The summed E-state index contributed by atoms with van der Waals surface area (Å²) in [4.78, 5) is 61.6. The van der Waals surface area contributed by atoms with Crippen molar-refractivity contribution in [3.8, 4) is 0 Å². The first-order chi connectivity index (χ1) is 21.2. The lowest BCUT2D eigenvalue weighted by atomic mass is 10.0. The Morgan fingerprint density at radius 3 is 2.57 bits per heavy atom. The Morgan fingerprint density at radius 2 is 1.80 bits per heavy atom. The summed E-state index contributed by atoms with van der Waals surface area (Å²) < 4.78 is 0. The van der Waals surface area contributed by atoms with Crippen molar-refractivity contribution in [2.45, 2.75) is 94.6 Å². The van der Waals surface area contributed by atoms with Crippen LogP contribution in [0.15, 0.2) is 42.5 Å². The third-order valence-electron chi connectivity index (χ3n) is 8.18. The zero-order valence-electron chi connectivity index (χ0n) is 25.6. The van der Waals surface area contributed by atoms with E-state index in [2.05, 4.69) is 26.6 Å². The first kappa shape index (κ1) is 33.3. The lowest BCUT2D eigenvalue weighted by Gasteiger charge is -2.22. The number of aldehydes is 1. The maximum Gasteiger partial charge on any atom is 0.315 e. The van der Waals surface area contributed by atoms with Crippen molar-refractivity contribution in [1.29, 1.82) is 0 Å². The Labute approximate surface area is 263 Å². The van der Waals surface area contributed by atoms with E-state index in [9.17, 15) is 24.0 Å². The van der Waals surface area contributed by atoms with Crippen LogP contribution in [0.2, 0.25) is 0 Å². The van der Waals surface area contributed by atoms with Crippen LogP contribution in [0.3, 0.4) is 0 Å². The molecule has 2 aliphatic heterocycles. The number of carbonyl (C=O) groups excluding carboxylic acids is 5. The van der Waals surface area contributed by atoms with E-state index >= 15 is 0 Å². The van der Waals surface area contributed by atoms with Crippen LogP contribution in [0, 0.1) is 5.92 Å². The highest BCUT2D eigenvalue weighted by Crippen LogP contribution is 2.33. The second-order valence-electron chi connectivity index (χ2n) is 12.2. The van der Waals surface area contributed by atoms with Crippen molar-refractivity contribution in [2.24, 2.45) is 5.92 Å². The molecular formula is C33H45N5O5S. The molecule has 0 bridgehead atoms. The van der Waals surface area contributed by atoms with E-state index in [1.807, 2.05) is 55.9 Å². The van der Waals surface area contributed by atoms with E-state index in [4.69, 9.17) is 0 Å². The number of unbranched alkanes of at least 4 members (excludes halogenated alkanes) is 2. The average molecular weight is 624 g/mol. The predicted molar refractivity (Wildman–Crippen MR) is 173 cm³/mol. The zero-order chi connectivity index (χ0) is 31.5. The minimum Gasteiger partial charge on any atom is -0.356 e. The van der Waals surface area contributed by atoms with Gasteiger partial charge in [0.1, 0.15) is 12.3 Å². The molecule has 0 radical (unpaired) electrons. The molecule has 2 aromatic carbocycles. The van der Waals surface area contributed by atoms with Crippen LogP contribution in [0.4, 0.5) is 4.79 Å². The molecule has 2 fully saturated rings. The average Bonchev–Trinajstić information content (AvgIpc) is 3.56. The van der Waals surface area contributed by atoms with Crippen LogP contribution in [-0.2, 0) is 14.4 Å². The molecule has 10 nitrogen and oxygen atoms in total. The second-order valence-corrected chi connectivity index (χ2v) is 13.5. The first-order valence-electron chi connectivity index (χ1n) is 15.7. The van der Waals surface area contributed by atoms with Gasteiger partial charge in [0.25, 0.3) is 5.91 Å². The van der Waals surface area contributed by atoms with Gasteiger partial charge in [0.2, 0.25) is 11.8 Å². The molecule has 5 amide bonds. The molecule has 0 aromatic heterocycles. The Kier molecular flexibility index (Phi) is 12.5. The summed E-state index contributed by atoms with van der Waals surface area (Å²) in [5, 5.41) is 16.9. The van der Waals surface area contributed by atoms with Gasteiger partial charge in [0.05, 0.1) is 18.1 Å². The van der Waals surface area contributed by atoms with Crippen molar-refractivity contribution in [3.63, 3.8) is 0 Å². The van der Waals surface area contributed by atoms with Gasteiger partial charge in [0.15, 0.2) is 0 Å². The standard InChI is InChI=1S/C33H45N5O5S/c1-21(2)17-26(36-31(41)24-15-14-22-9-3-4-10-23(22)18-24)32(42)35-25(19-39)11-7-8-16-34-29(40)13-6-5-12-28-30-27(20-44-28)37-33(43)38-30/h3-4,9-10,14-15,18-19,21,25-28,30H,5-8,11-13,16-17,20H2,1-2H3,(H,34,40)(H,35,42)(H,36,41)(H2,37,38,43)/t25-,26-,27-,28-,30-/m0/s1. The van der Waals surface area contributed by atoms with Crippen LogP contribution < -0.4 is 26.6 Å². The summed E-state index contributed by atoms with van der Waals surface area (Å²) in [7, 11) is 0. The van der Waals surface area contributed by atoms with Gasteiger partial charge in [-0.2, -0.15) is 11.8 Å². The Hall–Kier alpha value is -3.60. The molecule has 2 aromatic rings. The number of hydrogen-bond donors (Lipinski definition) is 5. The first-order valence-corrected chi connectivity index (χ1v) is 16.8. The minimum atomic E-state index is -0.766. The third kappa shape index (κ3) is 9.70. The van der Waals surface area contributed by atoms with E-state index in [-0.39, 0.29) is 41.8 Å². The lowest BCUT2D eigenvalue weighted by molar-refractivity contribution is -0.126. The maximum absolute atomic E-state index is 13.1. The van der Waals surface area contributed by atoms with E-state index in [1.165, 1.54) is 0 Å². The fourth-order valence-electron chi connectivity index (χ4n) is 5.81. The Balaban J connectivity index is 1.12. The molecule has 11 heteroatoms. The fourth-order valence-corrected chi connectivity index (χ4v) is 7.36. The molecule has 0 unspecified atom stereocenters. The Bertz CT molecular complexity index is 1320. The van der Waals surface area contributed by atoms with Crippen molar-refractivity contribution >= 4 is 52.6 Å². The van der Waals surface area contributed by atoms with Crippen LogP contribution >= 0.6 is 11.8 Å². The molecule has 4 rings (SSSR count). The largest absolute Gasteiger partial charge is 0.356 e. The predicted octanol–water partition coefficient (Wildman–Crippen LogP) is 3.68. The van der Waals surface area contributed by atoms with Gasteiger partial charge in [-0.05, 0) is 67.3 Å². The summed E-state index contributed by atoms with van der Waals surface area (Å²) in [6.07, 6.45) is 6.14. The zero-order valence-corrected chi connectivity index (χ0v) is 26.4. The highest BCUT2D eigenvalue weighted by atomic mass is 32.2. The number of amides is 5. The van der Waals surface area contributed by atoms with E-state index < -0.39 is 12.1 Å². The number of carbonyl (C=O) groups is 5. The summed E-state index contributed by atoms with van der Waals surface area (Å²) >= 11 is 1.88. The normalized spacial score (nSPS) is 20.3. The van der Waals surface area contributed by atoms with Crippen LogP contribution in [0.1, 0.15) is 75.6 Å². The monoisotopic (exact) mass is 623 g/mol. The summed E-state index contributed by atoms with van der Waals surface area (Å²) in [5.74, 6) is 0.389. The van der Waals surface area contributed by atoms with E-state index in [0.717, 1.165) is 42.1 Å². The molecule has 2 saturated heterocycles. The van der Waals surface area contributed by atoms with Crippen molar-refractivity contribution in [1.82, 2.24) is 26.6 Å². The van der Waals surface area contributed by atoms with Gasteiger partial charge in [0, 0.05) is 29.5 Å². The summed E-state index contributed by atoms with van der Waals surface area (Å²) in [6, 6.07) is 12.1. The van der Waals surface area contributed by atoms with Gasteiger partial charge in [-0.15, -0.1) is 0 Å². The van der Waals surface area contributed by atoms with Gasteiger partial charge >= 0.3 is 6.03 Å². The number of hydrogen-bond acceptors (Lipinski definition) is 6. The number of benzene rings is 2. The molecule has 5 N–H and O–H groups in total. The lowest BCUT2D eigenvalue weighted by Crippen LogP contribution is -2.50. The number of urea groups is 1. The van der Waals surface area contributed by atoms with Crippen LogP contribution in [0.5, 0.6) is 0 Å². The van der Waals surface area contributed by atoms with E-state index in [0.29, 0.717) is 49.5 Å². The SMILES string of the molecule is CC(C)C[C@H](NC(=O)c1ccc2ccccc2c1)C(=O)N[C@H](C=O)CCCCNC(=O)CCCC[C@@H]1SC[C@@H]2NC(=O)N[C@@H]21. The molecule has 0 spiro atoms. The highest BCUT2D eigenvalue weighted by Gasteiger charge is 2.42. The maximum atomic E-state index is 13.1. The van der Waals surface area contributed by atoms with E-state index in [1.54, 1.807) is 12.1 Å². The number of thioether (sulfide) groups is 1. The number of nitrogens with one attached hydrogen (secondary N) is 5. The Morgan fingerprint density at radius 1 is 1.00 bits per heavy atom. The van der Waals surface area contributed by atoms with Crippen LogP contribution in [-0.4, -0.2) is 71.8 Å². The molecular weight excluding hydrogens is 578 g/mol. The molecule has 238 valence electrons. The van der Waals surface area contributed by atoms with Gasteiger partial charge < -0.3 is 31.4 Å². The van der Waals surface area contributed by atoms with Crippen molar-refractivity contribution in [2.75, 3.05) is 12.3 Å². The third-order valence-corrected chi connectivity index (χ3v) is 9.69.